The van der Waals surface area contributed by atoms with E-state index in [4.69, 9.17) is 10.6 Å². The number of carbonyl (C=O) groups excluding carboxylic acids is 2. The van der Waals surface area contributed by atoms with E-state index in [1.807, 2.05) is 0 Å². The van der Waals surface area contributed by atoms with Crippen LogP contribution in [0.5, 0.6) is 0 Å². The molecular weight excluding hydrogens is 596 g/mol. The zero-order valence-corrected chi connectivity index (χ0v) is 23.8. The number of carboxylic acids is 1. The summed E-state index contributed by atoms with van der Waals surface area (Å²) >= 11 is 0.991. The minimum Gasteiger partial charge on any atom is -0.478 e. The summed E-state index contributed by atoms with van der Waals surface area (Å²) in [5.41, 5.74) is 4.15. The maximum absolute atomic E-state index is 13.4. The molecule has 3 fully saturated rings. The highest BCUT2D eigenvalue weighted by Gasteiger charge is 2.55. The number of carbonyl (C=O) groups is 3. The third-order valence-electron chi connectivity index (χ3n) is 7.36. The van der Waals surface area contributed by atoms with Gasteiger partial charge in [0, 0.05) is 37.4 Å². The Morgan fingerprint density at radius 1 is 1.33 bits per heavy atom. The molecule has 1 aliphatic carbocycles. The van der Waals surface area contributed by atoms with Crippen LogP contribution in [-0.2, 0) is 42.6 Å². The lowest BCUT2D eigenvalue weighted by molar-refractivity contribution is -0.165. The highest BCUT2D eigenvalue weighted by Crippen LogP contribution is 2.34. The number of thiazole rings is 1. The molecule has 0 unspecified atom stereocenters. The molecule has 4 heterocycles. The van der Waals surface area contributed by atoms with Crippen LogP contribution in [-0.4, -0.2) is 103 Å². The van der Waals surface area contributed by atoms with E-state index in [1.165, 1.54) is 11.6 Å². The summed E-state index contributed by atoms with van der Waals surface area (Å²) in [7, 11) is -4.98. The van der Waals surface area contributed by atoms with Crippen molar-refractivity contribution < 1.29 is 37.3 Å². The predicted octanol–water partition coefficient (Wildman–Crippen LogP) is -1.91. The zero-order chi connectivity index (χ0) is 30.1. The molecular formula is C22H30N10O8S2. The van der Waals surface area contributed by atoms with Gasteiger partial charge in [0.1, 0.15) is 17.8 Å². The third kappa shape index (κ3) is 6.21. The first-order valence-corrected chi connectivity index (χ1v) is 15.4. The zero-order valence-electron chi connectivity index (χ0n) is 22.2. The van der Waals surface area contributed by atoms with E-state index in [9.17, 15) is 32.5 Å². The summed E-state index contributed by atoms with van der Waals surface area (Å²) in [6.07, 6.45) is 3.99. The Hall–Kier alpha value is -3.72. The van der Waals surface area contributed by atoms with Crippen molar-refractivity contribution in [3.63, 3.8) is 0 Å². The standard InChI is InChI=1S/C22H30N10O8S2/c23-21-27-14(11-41-21)16(30-40-22(20(35)36)4-1-2-5-22)18(33)28-17-15(32(19(17)34)42(37,38)39)10-31-26-9-13(29-31)8-25-12-3-6-24-7-12/h9,11-12,15,17,24-25H,1-8,10H2,(H2,23,27)(H,28,33)(H,35,36)(H,37,38,39)/b30-16-/t12-,15+,17-/m0/s1. The highest BCUT2D eigenvalue weighted by atomic mass is 32.2. The highest BCUT2D eigenvalue weighted by molar-refractivity contribution is 7.84. The molecule has 2 amide bonds. The fourth-order valence-electron chi connectivity index (χ4n) is 5.12. The molecule has 3 aliphatic rings. The molecule has 1 saturated carbocycles. The van der Waals surface area contributed by atoms with Crippen LogP contribution in [0.15, 0.2) is 16.7 Å². The number of oxime groups is 1. The molecule has 20 heteroatoms. The number of anilines is 1. The quantitative estimate of drug-likeness (QED) is 0.0650. The topological polar surface area (TPSA) is 256 Å². The fraction of sp³-hybridized carbons (Fsp3) is 0.591. The minimum absolute atomic E-state index is 0.0353. The van der Waals surface area contributed by atoms with Crippen molar-refractivity contribution in [2.75, 3.05) is 18.8 Å². The second-order valence-electron chi connectivity index (χ2n) is 10.2. The first-order chi connectivity index (χ1) is 20.0. The summed E-state index contributed by atoms with van der Waals surface area (Å²) in [6, 6.07) is -2.44. The van der Waals surface area contributed by atoms with Crippen LogP contribution in [0.25, 0.3) is 0 Å². The average molecular weight is 627 g/mol. The van der Waals surface area contributed by atoms with Crippen LogP contribution in [0.1, 0.15) is 43.5 Å². The smallest absolute Gasteiger partial charge is 0.362 e. The van der Waals surface area contributed by atoms with E-state index in [2.05, 4.69) is 36.3 Å². The lowest BCUT2D eigenvalue weighted by atomic mass is 9.98. The molecule has 2 aromatic heterocycles. The maximum atomic E-state index is 13.4. The number of nitrogens with one attached hydrogen (secondary N) is 3. The number of aromatic nitrogens is 4. The van der Waals surface area contributed by atoms with Crippen molar-refractivity contribution in [2.24, 2.45) is 5.16 Å². The van der Waals surface area contributed by atoms with Crippen molar-refractivity contribution in [3.05, 3.63) is 23.0 Å². The molecule has 228 valence electrons. The fourth-order valence-corrected chi connectivity index (χ4v) is 6.54. The van der Waals surface area contributed by atoms with Gasteiger partial charge in [0.05, 0.1) is 18.4 Å². The van der Waals surface area contributed by atoms with E-state index in [0.29, 0.717) is 25.1 Å². The number of nitrogen functional groups attached to an aromatic ring is 1. The Labute approximate surface area is 243 Å². The first-order valence-electron chi connectivity index (χ1n) is 13.1. The molecule has 5 rings (SSSR count). The number of hydrogen-bond acceptors (Lipinski definition) is 14. The lowest BCUT2D eigenvalue weighted by Crippen LogP contribution is -2.73. The van der Waals surface area contributed by atoms with Crippen LogP contribution in [0.4, 0.5) is 5.13 Å². The van der Waals surface area contributed by atoms with Crippen molar-refractivity contribution in [1.82, 2.24) is 40.2 Å². The number of nitrogens with two attached hydrogens (primary N) is 1. The van der Waals surface area contributed by atoms with Gasteiger partial charge in [0.25, 0.3) is 11.8 Å². The van der Waals surface area contributed by atoms with Gasteiger partial charge in [-0.2, -0.15) is 23.4 Å². The summed E-state index contributed by atoms with van der Waals surface area (Å²) < 4.78 is 33.9. The number of nitrogens with zero attached hydrogens (tertiary/aromatic N) is 6. The molecule has 2 aromatic rings. The van der Waals surface area contributed by atoms with Gasteiger partial charge in [-0.05, 0) is 25.8 Å². The predicted molar refractivity (Wildman–Crippen MR) is 145 cm³/mol. The molecule has 3 atom stereocenters. The Bertz CT molecular complexity index is 1480. The molecule has 0 radical (unpaired) electrons. The van der Waals surface area contributed by atoms with E-state index < -0.39 is 51.5 Å². The Kier molecular flexibility index (Phi) is 8.42. The third-order valence-corrected chi connectivity index (χ3v) is 8.98. The van der Waals surface area contributed by atoms with Crippen molar-refractivity contribution in [1.29, 1.82) is 0 Å². The minimum atomic E-state index is -4.98. The molecule has 0 spiro atoms. The number of carboxylic acid groups (broad SMARTS) is 1. The molecule has 42 heavy (non-hydrogen) atoms. The maximum Gasteiger partial charge on any atom is 0.362 e. The SMILES string of the molecule is Nc1nc(/C(=N/OC2(C(=O)O)CCCC2)C(=O)N[C@@H]2C(=O)N(S(=O)(=O)O)[C@@H]2Cn2ncc(CN[C@H]3CCNC3)n2)cs1. The average Bonchev–Trinajstić information content (AvgIpc) is 3.74. The van der Waals surface area contributed by atoms with Crippen LogP contribution >= 0.6 is 11.3 Å². The molecule has 2 aliphatic heterocycles. The Balaban J connectivity index is 1.33. The second-order valence-corrected chi connectivity index (χ2v) is 12.4. The first kappa shape index (κ1) is 29.8. The van der Waals surface area contributed by atoms with Crippen molar-refractivity contribution in [2.45, 2.75) is 68.9 Å². The van der Waals surface area contributed by atoms with Crippen molar-refractivity contribution >= 4 is 50.3 Å². The van der Waals surface area contributed by atoms with Gasteiger partial charge in [-0.15, -0.1) is 11.3 Å². The van der Waals surface area contributed by atoms with Crippen molar-refractivity contribution in [3.8, 4) is 0 Å². The number of hydrogen-bond donors (Lipinski definition) is 6. The van der Waals surface area contributed by atoms with Crippen LogP contribution in [0.3, 0.4) is 0 Å². The van der Waals surface area contributed by atoms with Gasteiger partial charge in [0.2, 0.25) is 5.60 Å². The Morgan fingerprint density at radius 2 is 2.10 bits per heavy atom. The summed E-state index contributed by atoms with van der Waals surface area (Å²) in [5.74, 6) is -3.34. The van der Waals surface area contributed by atoms with Gasteiger partial charge < -0.3 is 31.6 Å². The second kappa shape index (κ2) is 11.9. The van der Waals surface area contributed by atoms with Gasteiger partial charge in [-0.1, -0.05) is 5.16 Å². The van der Waals surface area contributed by atoms with Crippen LogP contribution in [0.2, 0.25) is 0 Å². The van der Waals surface area contributed by atoms with E-state index in [1.54, 1.807) is 0 Å². The molecule has 0 bridgehead atoms. The summed E-state index contributed by atoms with van der Waals surface area (Å²) in [4.78, 5) is 48.6. The van der Waals surface area contributed by atoms with Crippen LogP contribution < -0.4 is 21.7 Å². The monoisotopic (exact) mass is 626 g/mol. The normalized spacial score (nSPS) is 24.0. The molecule has 0 aromatic carbocycles. The Morgan fingerprint density at radius 3 is 2.71 bits per heavy atom. The van der Waals surface area contributed by atoms with Gasteiger partial charge in [-0.25, -0.2) is 14.1 Å². The lowest BCUT2D eigenvalue weighted by Gasteiger charge is -2.43. The number of aliphatic carboxylic acids is 1. The van der Waals surface area contributed by atoms with Gasteiger partial charge in [-0.3, -0.25) is 14.1 Å². The molecule has 2 saturated heterocycles. The van der Waals surface area contributed by atoms with E-state index in [-0.39, 0.29) is 40.6 Å². The largest absolute Gasteiger partial charge is 0.478 e. The number of amides is 2. The van der Waals surface area contributed by atoms with E-state index in [0.717, 1.165) is 35.6 Å². The number of rotatable bonds is 12. The summed E-state index contributed by atoms with van der Waals surface area (Å²) in [5, 5.41) is 32.4. The number of β-lactam (4-membered cyclic amide) rings is 1. The van der Waals surface area contributed by atoms with Gasteiger partial charge in [0.15, 0.2) is 10.8 Å². The van der Waals surface area contributed by atoms with Gasteiger partial charge >= 0.3 is 16.3 Å². The molecule has 7 N–H and O–H groups in total. The molecule has 18 nitrogen and oxygen atoms in total. The van der Waals surface area contributed by atoms with E-state index >= 15 is 0 Å². The summed E-state index contributed by atoms with van der Waals surface area (Å²) in [6.45, 7) is 1.86. The van der Waals surface area contributed by atoms with Crippen LogP contribution in [0, 0.1) is 0 Å².